The number of carbonyl (C=O) groups is 1. The van der Waals surface area contributed by atoms with Gasteiger partial charge < -0.3 is 14.4 Å². The summed E-state index contributed by atoms with van der Waals surface area (Å²) in [5.74, 6) is 0.470. The van der Waals surface area contributed by atoms with Crippen LogP contribution in [0, 0.1) is 5.82 Å². The minimum absolute atomic E-state index is 0.0174. The highest BCUT2D eigenvalue weighted by Crippen LogP contribution is 2.38. The van der Waals surface area contributed by atoms with Gasteiger partial charge in [-0.2, -0.15) is 4.98 Å². The number of aliphatic imine (C=N–C) groups is 1. The number of rotatable bonds is 7. The average Bonchev–Trinajstić information content (AvgIpc) is 3.39. The molecule has 0 bridgehead atoms. The molecule has 1 amide bonds. The Balaban J connectivity index is 1.23. The van der Waals surface area contributed by atoms with Gasteiger partial charge in [-0.1, -0.05) is 30.3 Å². The Hall–Kier alpha value is -4.53. The van der Waals surface area contributed by atoms with E-state index in [1.165, 1.54) is 23.8 Å². The van der Waals surface area contributed by atoms with Crippen LogP contribution in [0.3, 0.4) is 0 Å². The smallest absolute Gasteiger partial charge is 0.348 e. The second kappa shape index (κ2) is 10.3. The van der Waals surface area contributed by atoms with E-state index in [1.54, 1.807) is 18.2 Å². The first-order valence-electron chi connectivity index (χ1n) is 13.0. The van der Waals surface area contributed by atoms with E-state index in [9.17, 15) is 14.0 Å². The topological polar surface area (TPSA) is 86.0 Å². The number of aryl methyl sites for hydroxylation is 1. The van der Waals surface area contributed by atoms with Crippen molar-refractivity contribution >= 4 is 28.7 Å². The van der Waals surface area contributed by atoms with E-state index in [0.717, 1.165) is 24.9 Å². The average molecular weight is 527 g/mol. The first kappa shape index (κ1) is 24.8. The summed E-state index contributed by atoms with van der Waals surface area (Å²) >= 11 is 0. The lowest BCUT2D eigenvalue weighted by Crippen LogP contribution is -2.35. The van der Waals surface area contributed by atoms with Gasteiger partial charge in [0.05, 0.1) is 42.2 Å². The monoisotopic (exact) mass is 526 g/mol. The zero-order valence-corrected chi connectivity index (χ0v) is 21.5. The zero-order valence-electron chi connectivity index (χ0n) is 21.5. The number of halogens is 1. The first-order chi connectivity index (χ1) is 19.0. The maximum atomic E-state index is 14.2. The lowest BCUT2D eigenvalue weighted by atomic mass is 10.1. The molecule has 1 atom stereocenters. The normalized spacial score (nSPS) is 16.2. The van der Waals surface area contributed by atoms with E-state index in [0.29, 0.717) is 52.3 Å². The Morgan fingerprint density at radius 1 is 1.05 bits per heavy atom. The molecule has 8 nitrogen and oxygen atoms in total. The summed E-state index contributed by atoms with van der Waals surface area (Å²) in [5, 5.41) is 0.567. The van der Waals surface area contributed by atoms with Gasteiger partial charge in [-0.15, -0.1) is 0 Å². The van der Waals surface area contributed by atoms with Crippen LogP contribution in [0.1, 0.15) is 29.6 Å². The highest BCUT2D eigenvalue weighted by Gasteiger charge is 2.32. The van der Waals surface area contributed by atoms with Gasteiger partial charge in [-0.25, -0.2) is 9.18 Å². The molecule has 0 aliphatic carbocycles. The predicted molar refractivity (Wildman–Crippen MR) is 147 cm³/mol. The predicted octanol–water partition coefficient (Wildman–Crippen LogP) is 5.00. The number of ether oxygens (including phenoxy) is 2. The van der Waals surface area contributed by atoms with Crippen LogP contribution in [-0.2, 0) is 6.54 Å². The lowest BCUT2D eigenvalue weighted by molar-refractivity contribution is 0.0774. The van der Waals surface area contributed by atoms with Crippen molar-refractivity contribution in [1.82, 2.24) is 14.5 Å². The Kier molecular flexibility index (Phi) is 6.56. The molecule has 0 radical (unpaired) electrons. The zero-order chi connectivity index (χ0) is 26.9. The van der Waals surface area contributed by atoms with Crippen molar-refractivity contribution in [2.24, 2.45) is 4.99 Å². The SMILES string of the molecule is COc1cc2c(cc1OCCCn1c(=O)nc(-c3ccccc3)c3cc(F)ccc31)N=C[C@@H]1CCCN1C2=O. The molecule has 6 rings (SSSR count). The van der Waals surface area contributed by atoms with E-state index < -0.39 is 11.5 Å². The second-order valence-electron chi connectivity index (χ2n) is 9.63. The minimum atomic E-state index is -0.413. The van der Waals surface area contributed by atoms with Crippen LogP contribution in [0.5, 0.6) is 11.5 Å². The summed E-state index contributed by atoms with van der Waals surface area (Å²) in [6.07, 6.45) is 4.19. The maximum Gasteiger partial charge on any atom is 0.348 e. The number of nitrogens with zero attached hydrogens (tertiary/aromatic N) is 4. The number of benzene rings is 3. The van der Waals surface area contributed by atoms with Gasteiger partial charge in [0, 0.05) is 36.3 Å². The van der Waals surface area contributed by atoms with Crippen LogP contribution < -0.4 is 15.2 Å². The standard InChI is InChI=1S/C30H27FN4O4/c1-38-26-16-22-24(32-18-21-9-5-12-34(21)29(22)36)17-27(26)39-14-6-13-35-25-11-10-20(31)15-23(25)28(33-30(35)37)19-7-3-2-4-8-19/h2-4,7-8,10-11,15-18,21H,5-6,9,12-14H2,1H3/t21-/m0/s1. The fourth-order valence-electron chi connectivity index (χ4n) is 5.31. The lowest BCUT2D eigenvalue weighted by Gasteiger charge is -2.20. The van der Waals surface area contributed by atoms with Crippen molar-refractivity contribution in [3.63, 3.8) is 0 Å². The molecule has 0 spiro atoms. The summed E-state index contributed by atoms with van der Waals surface area (Å²) in [6, 6.07) is 17.1. The molecule has 4 aromatic rings. The van der Waals surface area contributed by atoms with Crippen molar-refractivity contribution in [2.45, 2.75) is 31.8 Å². The number of carbonyl (C=O) groups excluding carboxylic acids is 1. The van der Waals surface area contributed by atoms with Crippen LogP contribution in [0.4, 0.5) is 10.1 Å². The third-order valence-corrected chi connectivity index (χ3v) is 7.23. The number of hydrogen-bond donors (Lipinski definition) is 0. The fourth-order valence-corrected chi connectivity index (χ4v) is 5.31. The quantitative estimate of drug-likeness (QED) is 0.317. The summed E-state index contributed by atoms with van der Waals surface area (Å²) < 4.78 is 27.3. The van der Waals surface area contributed by atoms with E-state index in [-0.39, 0.29) is 18.6 Å². The molecular formula is C30H27FN4O4. The largest absolute Gasteiger partial charge is 0.493 e. The van der Waals surface area contributed by atoms with Crippen molar-refractivity contribution < 1.29 is 18.7 Å². The van der Waals surface area contributed by atoms with Gasteiger partial charge in [0.1, 0.15) is 5.82 Å². The highest BCUT2D eigenvalue weighted by atomic mass is 19.1. The van der Waals surface area contributed by atoms with Gasteiger partial charge in [0.2, 0.25) is 0 Å². The number of methoxy groups -OCH3 is 1. The Labute approximate surface area is 224 Å². The van der Waals surface area contributed by atoms with Crippen molar-refractivity contribution in [3.8, 4) is 22.8 Å². The molecular weight excluding hydrogens is 499 g/mol. The summed E-state index contributed by atoms with van der Waals surface area (Å²) in [6.45, 7) is 1.32. The molecule has 9 heteroatoms. The Bertz CT molecular complexity index is 1650. The molecule has 198 valence electrons. The second-order valence-corrected chi connectivity index (χ2v) is 9.63. The van der Waals surface area contributed by atoms with E-state index in [4.69, 9.17) is 9.47 Å². The maximum absolute atomic E-state index is 14.2. The fraction of sp³-hybridized carbons (Fsp3) is 0.267. The molecule has 3 heterocycles. The van der Waals surface area contributed by atoms with Crippen LogP contribution >= 0.6 is 0 Å². The van der Waals surface area contributed by atoms with Gasteiger partial charge >= 0.3 is 5.69 Å². The van der Waals surface area contributed by atoms with Gasteiger partial charge in [0.25, 0.3) is 5.91 Å². The molecule has 3 aromatic carbocycles. The summed E-state index contributed by atoms with van der Waals surface area (Å²) in [4.78, 5) is 36.8. The minimum Gasteiger partial charge on any atom is -0.493 e. The molecule has 1 fully saturated rings. The third-order valence-electron chi connectivity index (χ3n) is 7.23. The van der Waals surface area contributed by atoms with Gasteiger partial charge in [0.15, 0.2) is 11.5 Å². The summed E-state index contributed by atoms with van der Waals surface area (Å²) in [7, 11) is 1.53. The molecule has 1 saturated heterocycles. The van der Waals surface area contributed by atoms with Crippen molar-refractivity contribution in [1.29, 1.82) is 0 Å². The molecule has 0 saturated carbocycles. The molecule has 2 aliphatic rings. The Morgan fingerprint density at radius 2 is 1.90 bits per heavy atom. The van der Waals surface area contributed by atoms with Crippen LogP contribution in [0.15, 0.2) is 70.5 Å². The number of fused-ring (bicyclic) bond motifs is 3. The van der Waals surface area contributed by atoms with E-state index in [1.807, 2.05) is 41.4 Å². The molecule has 0 N–H and O–H groups in total. The van der Waals surface area contributed by atoms with Crippen LogP contribution in [0.25, 0.3) is 22.2 Å². The van der Waals surface area contributed by atoms with Crippen molar-refractivity contribution in [3.05, 3.63) is 82.5 Å². The van der Waals surface area contributed by atoms with Crippen LogP contribution in [-0.4, -0.2) is 52.9 Å². The van der Waals surface area contributed by atoms with Crippen LogP contribution in [0.2, 0.25) is 0 Å². The molecule has 2 aliphatic heterocycles. The van der Waals surface area contributed by atoms with Crippen molar-refractivity contribution in [2.75, 3.05) is 20.3 Å². The van der Waals surface area contributed by atoms with E-state index >= 15 is 0 Å². The van der Waals surface area contributed by atoms with Gasteiger partial charge in [-0.05, 0) is 43.5 Å². The number of amides is 1. The number of aromatic nitrogens is 2. The highest BCUT2D eigenvalue weighted by molar-refractivity contribution is 6.03. The molecule has 1 aromatic heterocycles. The number of hydrogen-bond acceptors (Lipinski definition) is 6. The van der Waals surface area contributed by atoms with Gasteiger partial charge in [-0.3, -0.25) is 14.4 Å². The summed E-state index contributed by atoms with van der Waals surface area (Å²) in [5.41, 5.74) is 2.44. The third kappa shape index (κ3) is 4.65. The Morgan fingerprint density at radius 3 is 2.72 bits per heavy atom. The van der Waals surface area contributed by atoms with E-state index in [2.05, 4.69) is 9.98 Å². The molecule has 0 unspecified atom stereocenters. The first-order valence-corrected chi connectivity index (χ1v) is 13.0. The molecule has 39 heavy (non-hydrogen) atoms.